The summed E-state index contributed by atoms with van der Waals surface area (Å²) in [6.07, 6.45) is 2.31. The van der Waals surface area contributed by atoms with E-state index in [0.29, 0.717) is 12.2 Å². The van der Waals surface area contributed by atoms with E-state index in [-0.39, 0.29) is 5.41 Å². The number of nitrogens with one attached hydrogen (secondary N) is 1. The largest absolute Gasteiger partial charge is 0.497 e. The Morgan fingerprint density at radius 1 is 1.42 bits per heavy atom. The summed E-state index contributed by atoms with van der Waals surface area (Å²) >= 11 is 3.51. The van der Waals surface area contributed by atoms with Gasteiger partial charge in [0.15, 0.2) is 0 Å². The fraction of sp³-hybridized carbons (Fsp3) is 0.533. The van der Waals surface area contributed by atoms with E-state index in [4.69, 9.17) is 4.74 Å². The Morgan fingerprint density at radius 3 is 2.74 bits per heavy atom. The number of hydrogen-bond donors (Lipinski definition) is 1. The van der Waals surface area contributed by atoms with Gasteiger partial charge in [-0.1, -0.05) is 22.9 Å². The van der Waals surface area contributed by atoms with Gasteiger partial charge < -0.3 is 10.1 Å². The van der Waals surface area contributed by atoms with Crippen LogP contribution < -0.4 is 10.1 Å². The molecule has 0 unspecified atom stereocenters. The van der Waals surface area contributed by atoms with Gasteiger partial charge in [0.25, 0.3) is 0 Å². The molecule has 1 aliphatic heterocycles. The van der Waals surface area contributed by atoms with Crippen LogP contribution >= 0.6 is 15.9 Å². The first-order chi connectivity index (χ1) is 9.05. The summed E-state index contributed by atoms with van der Waals surface area (Å²) < 4.78 is 6.19. The van der Waals surface area contributed by atoms with Gasteiger partial charge in [0.05, 0.1) is 7.11 Å². The second kappa shape index (κ2) is 6.06. The zero-order chi connectivity index (χ0) is 13.9. The molecule has 1 N–H and O–H groups in total. The van der Waals surface area contributed by atoms with Gasteiger partial charge in [0.2, 0.25) is 0 Å². The Hall–Kier alpha value is -0.870. The standard InChI is InChI=1S/C15H20BrNO2/c1-15(5-7-17-8-6-15)14(18)10-11-9-12(19-2)3-4-13(11)16/h3-4,9,17H,5-8,10H2,1-2H3. The van der Waals surface area contributed by atoms with Crippen LogP contribution in [0.25, 0.3) is 0 Å². The van der Waals surface area contributed by atoms with Crippen molar-refractivity contribution >= 4 is 21.7 Å². The van der Waals surface area contributed by atoms with Gasteiger partial charge in [-0.3, -0.25) is 4.79 Å². The van der Waals surface area contributed by atoms with E-state index in [9.17, 15) is 4.79 Å². The molecule has 4 heteroatoms. The van der Waals surface area contributed by atoms with E-state index in [0.717, 1.165) is 41.7 Å². The average molecular weight is 326 g/mol. The number of rotatable bonds is 4. The smallest absolute Gasteiger partial charge is 0.143 e. The van der Waals surface area contributed by atoms with Crippen LogP contribution in [-0.2, 0) is 11.2 Å². The maximum Gasteiger partial charge on any atom is 0.143 e. The molecule has 19 heavy (non-hydrogen) atoms. The molecule has 3 nitrogen and oxygen atoms in total. The van der Waals surface area contributed by atoms with Crippen molar-refractivity contribution in [3.63, 3.8) is 0 Å². The van der Waals surface area contributed by atoms with Crippen molar-refractivity contribution in [2.45, 2.75) is 26.2 Å². The second-order valence-electron chi connectivity index (χ2n) is 5.37. The van der Waals surface area contributed by atoms with Crippen molar-refractivity contribution in [3.8, 4) is 5.75 Å². The van der Waals surface area contributed by atoms with Crippen LogP contribution in [0.4, 0.5) is 0 Å². The van der Waals surface area contributed by atoms with Crippen molar-refractivity contribution in [1.82, 2.24) is 5.32 Å². The van der Waals surface area contributed by atoms with Gasteiger partial charge in [0, 0.05) is 16.3 Å². The minimum absolute atomic E-state index is 0.187. The van der Waals surface area contributed by atoms with E-state index in [2.05, 4.69) is 28.2 Å². The number of Topliss-reactive ketones (excluding diaryl/α,β-unsaturated/α-hetero) is 1. The fourth-order valence-corrected chi connectivity index (χ4v) is 2.84. The fourth-order valence-electron chi connectivity index (χ4n) is 2.46. The quantitative estimate of drug-likeness (QED) is 0.924. The lowest BCUT2D eigenvalue weighted by molar-refractivity contribution is -0.128. The number of carbonyl (C=O) groups is 1. The summed E-state index contributed by atoms with van der Waals surface area (Å²) in [5.74, 6) is 1.12. The Bertz CT molecular complexity index is 467. The molecular weight excluding hydrogens is 306 g/mol. The zero-order valence-corrected chi connectivity index (χ0v) is 13.0. The molecule has 0 radical (unpaired) electrons. The van der Waals surface area contributed by atoms with Crippen LogP contribution in [0.1, 0.15) is 25.3 Å². The number of ether oxygens (including phenoxy) is 1. The molecule has 0 aliphatic carbocycles. The third-order valence-corrected chi connectivity index (χ3v) is 4.76. The predicted molar refractivity (Wildman–Crippen MR) is 79.6 cm³/mol. The SMILES string of the molecule is COc1ccc(Br)c(CC(=O)C2(C)CCNCC2)c1. The number of carbonyl (C=O) groups excluding carboxylic acids is 1. The van der Waals surface area contributed by atoms with E-state index in [1.807, 2.05) is 18.2 Å². The lowest BCUT2D eigenvalue weighted by Gasteiger charge is -2.32. The molecule has 2 rings (SSSR count). The summed E-state index contributed by atoms with van der Waals surface area (Å²) in [6, 6.07) is 5.77. The number of piperidine rings is 1. The third kappa shape index (κ3) is 3.37. The summed E-state index contributed by atoms with van der Waals surface area (Å²) in [5.41, 5.74) is 0.817. The van der Waals surface area contributed by atoms with E-state index < -0.39 is 0 Å². The molecule has 0 aromatic heterocycles. The van der Waals surface area contributed by atoms with Crippen molar-refractivity contribution in [3.05, 3.63) is 28.2 Å². The summed E-state index contributed by atoms with van der Waals surface area (Å²) in [6.45, 7) is 3.95. The van der Waals surface area contributed by atoms with Crippen LogP contribution in [-0.4, -0.2) is 26.0 Å². The molecule has 1 aromatic carbocycles. The Morgan fingerprint density at radius 2 is 2.11 bits per heavy atom. The zero-order valence-electron chi connectivity index (χ0n) is 11.5. The van der Waals surface area contributed by atoms with E-state index in [1.165, 1.54) is 0 Å². The molecule has 104 valence electrons. The summed E-state index contributed by atoms with van der Waals surface area (Å²) in [7, 11) is 1.64. The number of methoxy groups -OCH3 is 1. The minimum atomic E-state index is -0.187. The van der Waals surface area contributed by atoms with Crippen LogP contribution in [0.2, 0.25) is 0 Å². The van der Waals surface area contributed by atoms with Crippen LogP contribution in [0.3, 0.4) is 0 Å². The van der Waals surface area contributed by atoms with E-state index >= 15 is 0 Å². The number of halogens is 1. The lowest BCUT2D eigenvalue weighted by Crippen LogP contribution is -2.40. The maximum atomic E-state index is 12.6. The van der Waals surface area contributed by atoms with Crippen molar-refractivity contribution in [1.29, 1.82) is 0 Å². The first kappa shape index (κ1) is 14.5. The highest BCUT2D eigenvalue weighted by atomic mass is 79.9. The molecule has 0 amide bonds. The Labute approximate surface area is 122 Å². The highest BCUT2D eigenvalue weighted by Gasteiger charge is 2.34. The number of hydrogen-bond acceptors (Lipinski definition) is 3. The topological polar surface area (TPSA) is 38.3 Å². The number of ketones is 1. The molecule has 1 aliphatic rings. The van der Waals surface area contributed by atoms with Crippen molar-refractivity contribution in [2.75, 3.05) is 20.2 Å². The van der Waals surface area contributed by atoms with Gasteiger partial charge in [-0.15, -0.1) is 0 Å². The van der Waals surface area contributed by atoms with Gasteiger partial charge in [-0.05, 0) is 49.7 Å². The highest BCUT2D eigenvalue weighted by Crippen LogP contribution is 2.32. The predicted octanol–water partition coefficient (Wildman–Crippen LogP) is 2.96. The molecule has 1 fully saturated rings. The van der Waals surface area contributed by atoms with Gasteiger partial charge in [-0.2, -0.15) is 0 Å². The first-order valence-corrected chi connectivity index (χ1v) is 7.41. The minimum Gasteiger partial charge on any atom is -0.497 e. The Balaban J connectivity index is 2.14. The molecule has 0 spiro atoms. The maximum absolute atomic E-state index is 12.6. The van der Waals surface area contributed by atoms with E-state index in [1.54, 1.807) is 7.11 Å². The normalized spacial score (nSPS) is 18.1. The monoisotopic (exact) mass is 325 g/mol. The van der Waals surface area contributed by atoms with Crippen LogP contribution in [0.15, 0.2) is 22.7 Å². The summed E-state index contributed by atoms with van der Waals surface area (Å²) in [4.78, 5) is 12.6. The van der Waals surface area contributed by atoms with Crippen molar-refractivity contribution in [2.24, 2.45) is 5.41 Å². The Kier molecular flexibility index (Phi) is 4.63. The average Bonchev–Trinajstić information content (AvgIpc) is 2.42. The molecule has 0 bridgehead atoms. The molecule has 1 aromatic rings. The molecular formula is C15H20BrNO2. The molecule has 0 atom stereocenters. The molecule has 1 saturated heterocycles. The molecule has 1 heterocycles. The van der Waals surface area contributed by atoms with Crippen LogP contribution in [0.5, 0.6) is 5.75 Å². The van der Waals surface area contributed by atoms with Gasteiger partial charge in [-0.25, -0.2) is 0 Å². The third-order valence-electron chi connectivity index (χ3n) is 3.98. The molecule has 0 saturated carbocycles. The highest BCUT2D eigenvalue weighted by molar-refractivity contribution is 9.10. The van der Waals surface area contributed by atoms with Gasteiger partial charge in [0.1, 0.15) is 11.5 Å². The number of benzene rings is 1. The summed E-state index contributed by atoms with van der Waals surface area (Å²) in [5, 5.41) is 3.31. The second-order valence-corrected chi connectivity index (χ2v) is 6.22. The van der Waals surface area contributed by atoms with Crippen LogP contribution in [0, 0.1) is 5.41 Å². The lowest BCUT2D eigenvalue weighted by atomic mass is 9.75. The van der Waals surface area contributed by atoms with Crippen molar-refractivity contribution < 1.29 is 9.53 Å². The van der Waals surface area contributed by atoms with Gasteiger partial charge >= 0.3 is 0 Å². The first-order valence-electron chi connectivity index (χ1n) is 6.61.